The van der Waals surface area contributed by atoms with Gasteiger partial charge in [-0.3, -0.25) is 0 Å². The Morgan fingerprint density at radius 2 is 1.33 bits per heavy atom. The van der Waals surface area contributed by atoms with Crippen molar-refractivity contribution in [3.63, 3.8) is 0 Å². The molecule has 0 unspecified atom stereocenters. The van der Waals surface area contributed by atoms with E-state index in [4.69, 9.17) is 15.2 Å². The summed E-state index contributed by atoms with van der Waals surface area (Å²) in [5.74, 6) is 1.61. The Kier molecular flexibility index (Phi) is 6.34. The number of rotatable bonds is 8. The Bertz CT molecular complexity index is 826. The number of anilines is 2. The Labute approximate surface area is 161 Å². The van der Waals surface area contributed by atoms with Crippen LogP contribution in [-0.2, 0) is 6.42 Å². The topological polar surface area (TPSA) is 47.7 Å². The molecule has 0 aliphatic rings. The molecule has 0 fully saturated rings. The summed E-state index contributed by atoms with van der Waals surface area (Å²) in [6, 6.07) is 24.9. The first-order valence-electron chi connectivity index (χ1n) is 9.07. The quantitative estimate of drug-likeness (QED) is 0.645. The van der Waals surface area contributed by atoms with Crippen molar-refractivity contribution in [1.29, 1.82) is 0 Å². The van der Waals surface area contributed by atoms with Gasteiger partial charge in [-0.05, 0) is 53.9 Å². The summed E-state index contributed by atoms with van der Waals surface area (Å²) in [6.45, 7) is 1.37. The minimum Gasteiger partial charge on any atom is -0.497 e. The van der Waals surface area contributed by atoms with E-state index < -0.39 is 0 Å². The van der Waals surface area contributed by atoms with E-state index in [9.17, 15) is 0 Å². The van der Waals surface area contributed by atoms with Crippen molar-refractivity contribution >= 4 is 11.4 Å². The van der Waals surface area contributed by atoms with E-state index in [0.29, 0.717) is 6.54 Å². The van der Waals surface area contributed by atoms with Gasteiger partial charge < -0.3 is 20.1 Å². The molecule has 4 nitrogen and oxygen atoms in total. The number of nitrogens with zero attached hydrogens (tertiary/aromatic N) is 1. The Morgan fingerprint density at radius 1 is 0.741 bits per heavy atom. The van der Waals surface area contributed by atoms with Crippen LogP contribution in [0.4, 0.5) is 11.4 Å². The molecular formula is C23H26N2O2. The summed E-state index contributed by atoms with van der Waals surface area (Å²) in [5, 5.41) is 0. The van der Waals surface area contributed by atoms with Crippen molar-refractivity contribution in [2.75, 3.05) is 32.2 Å². The Hall–Kier alpha value is -2.98. The molecule has 0 saturated heterocycles. The number of methoxy groups -OCH3 is 2. The molecule has 0 radical (unpaired) electrons. The Morgan fingerprint density at radius 3 is 1.89 bits per heavy atom. The lowest BCUT2D eigenvalue weighted by molar-refractivity contribution is 0.393. The molecule has 0 aromatic heterocycles. The van der Waals surface area contributed by atoms with Crippen molar-refractivity contribution < 1.29 is 9.47 Å². The molecule has 3 rings (SSSR count). The second-order valence-electron chi connectivity index (χ2n) is 6.34. The van der Waals surface area contributed by atoms with Crippen molar-refractivity contribution in [2.24, 2.45) is 5.73 Å². The fraction of sp³-hybridized carbons (Fsp3) is 0.217. The highest BCUT2D eigenvalue weighted by molar-refractivity contribution is 5.63. The number of para-hydroxylation sites is 1. The third-order valence-corrected chi connectivity index (χ3v) is 4.49. The van der Waals surface area contributed by atoms with Gasteiger partial charge in [0.05, 0.1) is 14.2 Å². The first-order valence-corrected chi connectivity index (χ1v) is 9.07. The largest absolute Gasteiger partial charge is 0.497 e. The maximum Gasteiger partial charge on any atom is 0.122 e. The maximum absolute atomic E-state index is 5.83. The molecular weight excluding hydrogens is 336 g/mol. The molecule has 0 aliphatic carbocycles. The van der Waals surface area contributed by atoms with E-state index in [1.165, 1.54) is 5.56 Å². The van der Waals surface area contributed by atoms with E-state index in [-0.39, 0.29) is 0 Å². The standard InChI is InChI=1S/C23H26N2O2/c1-26-22-15-19(16-23(17-22)27-2)14-18-8-10-21(11-9-18)25(13-12-24)20-6-4-3-5-7-20/h3-11,15-17H,12-14,24H2,1-2H3. The molecule has 4 heteroatoms. The SMILES string of the molecule is COc1cc(Cc2ccc(N(CCN)c3ccccc3)cc2)cc(OC)c1. The third kappa shape index (κ3) is 4.80. The number of nitrogens with two attached hydrogens (primary N) is 1. The summed E-state index contributed by atoms with van der Waals surface area (Å²) in [7, 11) is 3.34. The third-order valence-electron chi connectivity index (χ3n) is 4.49. The van der Waals surface area contributed by atoms with Crippen LogP contribution in [0.2, 0.25) is 0 Å². The van der Waals surface area contributed by atoms with Crippen molar-refractivity contribution in [2.45, 2.75) is 6.42 Å². The fourth-order valence-electron chi connectivity index (χ4n) is 3.14. The molecule has 140 valence electrons. The highest BCUT2D eigenvalue weighted by Crippen LogP contribution is 2.27. The first-order chi connectivity index (χ1) is 13.2. The van der Waals surface area contributed by atoms with E-state index in [1.54, 1.807) is 14.2 Å². The smallest absolute Gasteiger partial charge is 0.122 e. The second-order valence-corrected chi connectivity index (χ2v) is 6.34. The van der Waals surface area contributed by atoms with Crippen LogP contribution in [0.25, 0.3) is 0 Å². The van der Waals surface area contributed by atoms with E-state index >= 15 is 0 Å². The molecule has 0 aliphatic heterocycles. The van der Waals surface area contributed by atoms with Gasteiger partial charge in [0.2, 0.25) is 0 Å². The molecule has 0 bridgehead atoms. The predicted octanol–water partition coefficient (Wildman–Crippen LogP) is 4.39. The number of benzene rings is 3. The number of hydrogen-bond donors (Lipinski definition) is 1. The zero-order valence-electron chi connectivity index (χ0n) is 15.9. The van der Waals surface area contributed by atoms with Gasteiger partial charge in [-0.25, -0.2) is 0 Å². The predicted molar refractivity (Wildman–Crippen MR) is 111 cm³/mol. The zero-order chi connectivity index (χ0) is 19.1. The van der Waals surface area contributed by atoms with Gasteiger partial charge in [0.1, 0.15) is 11.5 Å². The monoisotopic (exact) mass is 362 g/mol. The van der Waals surface area contributed by atoms with Crippen molar-refractivity contribution in [3.05, 3.63) is 83.9 Å². The van der Waals surface area contributed by atoms with Crippen LogP contribution in [0.5, 0.6) is 11.5 Å². The van der Waals surface area contributed by atoms with Crippen LogP contribution in [0.15, 0.2) is 72.8 Å². The highest BCUT2D eigenvalue weighted by atomic mass is 16.5. The minimum absolute atomic E-state index is 0.597. The van der Waals surface area contributed by atoms with Crippen LogP contribution in [0.1, 0.15) is 11.1 Å². The van der Waals surface area contributed by atoms with Crippen molar-refractivity contribution in [3.8, 4) is 11.5 Å². The summed E-state index contributed by atoms with van der Waals surface area (Å²) < 4.78 is 10.7. The fourth-order valence-corrected chi connectivity index (χ4v) is 3.14. The second kappa shape index (κ2) is 9.10. The van der Waals surface area contributed by atoms with Gasteiger partial charge in [-0.2, -0.15) is 0 Å². The van der Waals surface area contributed by atoms with Crippen LogP contribution in [0.3, 0.4) is 0 Å². The Balaban J connectivity index is 1.80. The molecule has 3 aromatic carbocycles. The maximum atomic E-state index is 5.83. The lowest BCUT2D eigenvalue weighted by Crippen LogP contribution is -2.24. The van der Waals surface area contributed by atoms with Gasteiger partial charge >= 0.3 is 0 Å². The lowest BCUT2D eigenvalue weighted by Gasteiger charge is -2.24. The van der Waals surface area contributed by atoms with Crippen LogP contribution < -0.4 is 20.1 Å². The number of ether oxygens (including phenoxy) is 2. The molecule has 0 spiro atoms. The van der Waals surface area contributed by atoms with Gasteiger partial charge in [0.15, 0.2) is 0 Å². The van der Waals surface area contributed by atoms with E-state index in [2.05, 4.69) is 41.3 Å². The van der Waals surface area contributed by atoms with E-state index in [1.807, 2.05) is 36.4 Å². The zero-order valence-corrected chi connectivity index (χ0v) is 15.9. The van der Waals surface area contributed by atoms with Crippen LogP contribution >= 0.6 is 0 Å². The summed E-state index contributed by atoms with van der Waals surface area (Å²) >= 11 is 0. The molecule has 0 heterocycles. The van der Waals surface area contributed by atoms with Gasteiger partial charge in [-0.1, -0.05) is 30.3 Å². The summed E-state index contributed by atoms with van der Waals surface area (Å²) in [4.78, 5) is 2.23. The molecule has 3 aromatic rings. The van der Waals surface area contributed by atoms with Gasteiger partial charge in [0, 0.05) is 30.5 Å². The molecule has 2 N–H and O–H groups in total. The first kappa shape index (κ1) is 18.8. The molecule has 0 saturated carbocycles. The molecule has 27 heavy (non-hydrogen) atoms. The average molecular weight is 362 g/mol. The summed E-state index contributed by atoms with van der Waals surface area (Å²) in [5.41, 5.74) is 10.5. The summed E-state index contributed by atoms with van der Waals surface area (Å²) in [6.07, 6.45) is 0.816. The highest BCUT2D eigenvalue weighted by Gasteiger charge is 2.09. The van der Waals surface area contributed by atoms with Crippen LogP contribution in [0, 0.1) is 0 Å². The average Bonchev–Trinajstić information content (AvgIpc) is 2.73. The van der Waals surface area contributed by atoms with Gasteiger partial charge in [0.25, 0.3) is 0 Å². The minimum atomic E-state index is 0.597. The lowest BCUT2D eigenvalue weighted by atomic mass is 10.0. The van der Waals surface area contributed by atoms with Crippen LogP contribution in [-0.4, -0.2) is 27.3 Å². The molecule has 0 atom stereocenters. The van der Waals surface area contributed by atoms with Crippen molar-refractivity contribution in [1.82, 2.24) is 0 Å². The normalized spacial score (nSPS) is 10.5. The van der Waals surface area contributed by atoms with E-state index in [0.717, 1.165) is 41.4 Å². The van der Waals surface area contributed by atoms with Gasteiger partial charge in [-0.15, -0.1) is 0 Å². The molecule has 0 amide bonds. The number of hydrogen-bond acceptors (Lipinski definition) is 4.